The zero-order chi connectivity index (χ0) is 13.0. The van der Waals surface area contributed by atoms with Gasteiger partial charge < -0.3 is 5.73 Å². The van der Waals surface area contributed by atoms with Gasteiger partial charge in [0.05, 0.1) is 5.69 Å². The fraction of sp³-hybridized carbons (Fsp3) is 0.429. The molecule has 0 aliphatic rings. The molecule has 1 aromatic carbocycles. The highest BCUT2D eigenvalue weighted by molar-refractivity contribution is 5.62. The van der Waals surface area contributed by atoms with Gasteiger partial charge in [-0.15, -0.1) is 5.10 Å². The van der Waals surface area contributed by atoms with E-state index in [0.29, 0.717) is 6.54 Å². The molecule has 2 rings (SSSR count). The lowest BCUT2D eigenvalue weighted by Crippen LogP contribution is -2.04. The summed E-state index contributed by atoms with van der Waals surface area (Å²) < 4.78 is 1.97. The quantitative estimate of drug-likeness (QED) is 0.879. The molecule has 0 unspecified atom stereocenters. The zero-order valence-corrected chi connectivity index (χ0v) is 11.1. The molecule has 0 aliphatic carbocycles. The van der Waals surface area contributed by atoms with Crippen molar-refractivity contribution < 1.29 is 0 Å². The first-order valence-electron chi connectivity index (χ1n) is 6.45. The van der Waals surface area contributed by atoms with Gasteiger partial charge in [0.15, 0.2) is 0 Å². The molecule has 0 atom stereocenters. The molecule has 18 heavy (non-hydrogen) atoms. The van der Waals surface area contributed by atoms with Gasteiger partial charge in [0.1, 0.15) is 5.69 Å². The van der Waals surface area contributed by atoms with E-state index in [1.807, 2.05) is 4.68 Å². The SMILES string of the molecule is CCCCn1nnc(CN)c1-c1cccc(C)c1. The minimum absolute atomic E-state index is 0.426. The summed E-state index contributed by atoms with van der Waals surface area (Å²) in [5, 5.41) is 8.40. The van der Waals surface area contributed by atoms with Gasteiger partial charge >= 0.3 is 0 Å². The number of benzene rings is 1. The summed E-state index contributed by atoms with van der Waals surface area (Å²) >= 11 is 0. The van der Waals surface area contributed by atoms with Crippen LogP contribution >= 0.6 is 0 Å². The standard InChI is InChI=1S/C14H20N4/c1-3-4-8-18-14(13(10-15)16-17-18)12-7-5-6-11(2)9-12/h5-7,9H,3-4,8,10,15H2,1-2H3. The minimum Gasteiger partial charge on any atom is -0.325 e. The van der Waals surface area contributed by atoms with Crippen LogP contribution in [0.1, 0.15) is 31.0 Å². The molecule has 4 heteroatoms. The Morgan fingerprint density at radius 1 is 1.33 bits per heavy atom. The lowest BCUT2D eigenvalue weighted by atomic mass is 10.1. The summed E-state index contributed by atoms with van der Waals surface area (Å²) in [7, 11) is 0. The van der Waals surface area contributed by atoms with Crippen LogP contribution in [0.2, 0.25) is 0 Å². The van der Waals surface area contributed by atoms with E-state index < -0.39 is 0 Å². The normalized spacial score (nSPS) is 10.8. The van der Waals surface area contributed by atoms with Gasteiger partial charge in [-0.25, -0.2) is 4.68 Å². The van der Waals surface area contributed by atoms with Crippen LogP contribution in [0.5, 0.6) is 0 Å². The van der Waals surface area contributed by atoms with Gasteiger partial charge in [0.2, 0.25) is 0 Å². The van der Waals surface area contributed by atoms with Gasteiger partial charge in [-0.05, 0) is 19.4 Å². The van der Waals surface area contributed by atoms with Crippen molar-refractivity contribution in [3.8, 4) is 11.3 Å². The molecule has 2 aromatic rings. The van der Waals surface area contributed by atoms with Crippen LogP contribution in [-0.4, -0.2) is 15.0 Å². The number of aryl methyl sites for hydroxylation is 2. The highest BCUT2D eigenvalue weighted by Crippen LogP contribution is 2.23. The topological polar surface area (TPSA) is 56.7 Å². The van der Waals surface area contributed by atoms with Crippen molar-refractivity contribution in [1.29, 1.82) is 0 Å². The smallest absolute Gasteiger partial charge is 0.104 e. The molecule has 0 aliphatic heterocycles. The molecular weight excluding hydrogens is 224 g/mol. The fourth-order valence-corrected chi connectivity index (χ4v) is 2.06. The highest BCUT2D eigenvalue weighted by Gasteiger charge is 2.13. The number of unbranched alkanes of at least 4 members (excludes halogenated alkanes) is 1. The molecule has 0 fully saturated rings. The van der Waals surface area contributed by atoms with Crippen LogP contribution in [0.3, 0.4) is 0 Å². The van der Waals surface area contributed by atoms with E-state index in [1.54, 1.807) is 0 Å². The summed E-state index contributed by atoms with van der Waals surface area (Å²) in [5.41, 5.74) is 10.1. The zero-order valence-electron chi connectivity index (χ0n) is 11.1. The molecule has 4 nitrogen and oxygen atoms in total. The molecule has 0 radical (unpaired) electrons. The van der Waals surface area contributed by atoms with Crippen molar-refractivity contribution in [1.82, 2.24) is 15.0 Å². The molecule has 0 amide bonds. The van der Waals surface area contributed by atoms with Crippen molar-refractivity contribution >= 4 is 0 Å². The third kappa shape index (κ3) is 2.59. The van der Waals surface area contributed by atoms with Crippen LogP contribution < -0.4 is 5.73 Å². The number of nitrogens with two attached hydrogens (primary N) is 1. The van der Waals surface area contributed by atoms with Gasteiger partial charge in [-0.2, -0.15) is 0 Å². The monoisotopic (exact) mass is 244 g/mol. The molecule has 96 valence electrons. The molecule has 0 saturated carbocycles. The van der Waals surface area contributed by atoms with E-state index in [-0.39, 0.29) is 0 Å². The first-order chi connectivity index (χ1) is 8.76. The molecule has 0 spiro atoms. The number of nitrogens with zero attached hydrogens (tertiary/aromatic N) is 3. The van der Waals surface area contributed by atoms with Crippen LogP contribution in [0, 0.1) is 6.92 Å². The van der Waals surface area contributed by atoms with Crippen LogP contribution in [0.15, 0.2) is 24.3 Å². The Kier molecular flexibility index (Phi) is 4.10. The molecule has 0 saturated heterocycles. The number of hydrogen-bond acceptors (Lipinski definition) is 3. The summed E-state index contributed by atoms with van der Waals surface area (Å²) in [6.07, 6.45) is 2.25. The fourth-order valence-electron chi connectivity index (χ4n) is 2.06. The van der Waals surface area contributed by atoms with E-state index >= 15 is 0 Å². The summed E-state index contributed by atoms with van der Waals surface area (Å²) in [5.74, 6) is 0. The maximum absolute atomic E-state index is 5.75. The number of aromatic nitrogens is 3. The second-order valence-corrected chi connectivity index (χ2v) is 4.54. The Morgan fingerprint density at radius 3 is 2.83 bits per heavy atom. The van der Waals surface area contributed by atoms with Gasteiger partial charge in [0, 0.05) is 18.7 Å². The summed E-state index contributed by atoms with van der Waals surface area (Å²) in [4.78, 5) is 0. The van der Waals surface area contributed by atoms with Gasteiger partial charge in [-0.1, -0.05) is 42.3 Å². The lowest BCUT2D eigenvalue weighted by molar-refractivity contribution is 0.557. The molecular formula is C14H20N4. The van der Waals surface area contributed by atoms with Crippen molar-refractivity contribution in [2.24, 2.45) is 5.73 Å². The van der Waals surface area contributed by atoms with Crippen LogP contribution in [0.25, 0.3) is 11.3 Å². The first kappa shape index (κ1) is 12.8. The van der Waals surface area contributed by atoms with Crippen molar-refractivity contribution in [3.05, 3.63) is 35.5 Å². The molecule has 1 aromatic heterocycles. The van der Waals surface area contributed by atoms with Gasteiger partial charge in [0.25, 0.3) is 0 Å². The largest absolute Gasteiger partial charge is 0.325 e. The van der Waals surface area contributed by atoms with E-state index in [4.69, 9.17) is 5.73 Å². The third-order valence-electron chi connectivity index (χ3n) is 3.01. The highest BCUT2D eigenvalue weighted by atomic mass is 15.4. The predicted molar refractivity (Wildman–Crippen MR) is 73.0 cm³/mol. The van der Waals surface area contributed by atoms with E-state index in [1.165, 1.54) is 5.56 Å². The van der Waals surface area contributed by atoms with Crippen molar-refractivity contribution in [2.75, 3.05) is 0 Å². The number of rotatable bonds is 5. The summed E-state index contributed by atoms with van der Waals surface area (Å²) in [6, 6.07) is 8.39. The Labute approximate surface area is 108 Å². The molecule has 0 bridgehead atoms. The van der Waals surface area contributed by atoms with E-state index in [9.17, 15) is 0 Å². The molecule has 2 N–H and O–H groups in total. The van der Waals surface area contributed by atoms with E-state index in [0.717, 1.165) is 36.3 Å². The lowest BCUT2D eigenvalue weighted by Gasteiger charge is -2.08. The average molecular weight is 244 g/mol. The Balaban J connectivity index is 2.43. The maximum atomic E-state index is 5.75. The average Bonchev–Trinajstić information content (AvgIpc) is 2.79. The predicted octanol–water partition coefficient (Wildman–Crippen LogP) is 2.51. The Hall–Kier alpha value is -1.68. The van der Waals surface area contributed by atoms with Gasteiger partial charge in [-0.3, -0.25) is 0 Å². The number of hydrogen-bond donors (Lipinski definition) is 1. The Morgan fingerprint density at radius 2 is 2.17 bits per heavy atom. The van der Waals surface area contributed by atoms with Crippen molar-refractivity contribution in [3.63, 3.8) is 0 Å². The minimum atomic E-state index is 0.426. The first-order valence-corrected chi connectivity index (χ1v) is 6.45. The van der Waals surface area contributed by atoms with Crippen LogP contribution in [0.4, 0.5) is 0 Å². The molecule has 1 heterocycles. The van der Waals surface area contributed by atoms with Crippen molar-refractivity contribution in [2.45, 2.75) is 39.8 Å². The van der Waals surface area contributed by atoms with E-state index in [2.05, 4.69) is 48.4 Å². The summed E-state index contributed by atoms with van der Waals surface area (Å²) in [6.45, 7) is 5.58. The Bertz CT molecular complexity index is 516. The second kappa shape index (κ2) is 5.78. The van der Waals surface area contributed by atoms with Crippen LogP contribution in [-0.2, 0) is 13.1 Å². The third-order valence-corrected chi connectivity index (χ3v) is 3.01. The second-order valence-electron chi connectivity index (χ2n) is 4.54. The maximum Gasteiger partial charge on any atom is 0.104 e.